The van der Waals surface area contributed by atoms with E-state index in [9.17, 15) is 9.59 Å². The Morgan fingerprint density at radius 1 is 0.758 bits per heavy atom. The van der Waals surface area contributed by atoms with Crippen LogP contribution in [0.1, 0.15) is 57.4 Å². The number of benzene rings is 3. The second-order valence-corrected chi connectivity index (χ2v) is 8.20. The molecule has 0 aliphatic rings. The molecular weight excluding hydrogens is 416 g/mol. The van der Waals surface area contributed by atoms with Crippen LogP contribution in [0, 0.1) is 13.8 Å². The van der Waals surface area contributed by atoms with Crippen molar-refractivity contribution in [2.75, 3.05) is 7.11 Å². The topological polar surface area (TPSA) is 76.7 Å². The Hall–Kier alpha value is -3.80. The summed E-state index contributed by atoms with van der Waals surface area (Å²) in [6, 6.07) is 19.9. The smallest absolute Gasteiger partial charge is 0.253 e. The number of methoxy groups -OCH3 is 1. The van der Waals surface area contributed by atoms with Crippen LogP contribution in [0.25, 0.3) is 0 Å². The highest BCUT2D eigenvalue weighted by atomic mass is 16.5. The van der Waals surface area contributed by atoms with Gasteiger partial charge in [-0.3, -0.25) is 9.59 Å². The summed E-state index contributed by atoms with van der Waals surface area (Å²) in [5, 5.41) is 5.89. The zero-order chi connectivity index (χ0) is 24.0. The first-order valence-corrected chi connectivity index (χ1v) is 10.9. The molecular formula is C27H30N2O4. The summed E-state index contributed by atoms with van der Waals surface area (Å²) < 4.78 is 11.3. The molecule has 0 aliphatic carbocycles. The van der Waals surface area contributed by atoms with E-state index in [0.717, 1.165) is 11.1 Å². The average molecular weight is 447 g/mol. The van der Waals surface area contributed by atoms with E-state index < -0.39 is 6.17 Å². The summed E-state index contributed by atoms with van der Waals surface area (Å²) in [4.78, 5) is 26.0. The van der Waals surface area contributed by atoms with Crippen LogP contribution in [0.2, 0.25) is 0 Å². The monoisotopic (exact) mass is 446 g/mol. The Bertz CT molecular complexity index is 1080. The van der Waals surface area contributed by atoms with Crippen molar-refractivity contribution in [2.24, 2.45) is 0 Å². The number of ether oxygens (including phenoxy) is 2. The molecule has 2 amide bonds. The average Bonchev–Trinajstić information content (AvgIpc) is 2.78. The molecule has 0 unspecified atom stereocenters. The summed E-state index contributed by atoms with van der Waals surface area (Å²) in [5.41, 5.74) is 3.63. The van der Waals surface area contributed by atoms with Crippen molar-refractivity contribution in [3.63, 3.8) is 0 Å². The van der Waals surface area contributed by atoms with E-state index in [2.05, 4.69) is 10.6 Å². The number of hydrogen-bond donors (Lipinski definition) is 2. The van der Waals surface area contributed by atoms with Crippen LogP contribution in [0.3, 0.4) is 0 Å². The first-order valence-electron chi connectivity index (χ1n) is 10.9. The number of rotatable bonds is 8. The van der Waals surface area contributed by atoms with Gasteiger partial charge in [-0.1, -0.05) is 41.5 Å². The highest BCUT2D eigenvalue weighted by Gasteiger charge is 2.21. The van der Waals surface area contributed by atoms with E-state index >= 15 is 0 Å². The molecule has 0 spiro atoms. The van der Waals surface area contributed by atoms with E-state index in [4.69, 9.17) is 9.47 Å². The van der Waals surface area contributed by atoms with Gasteiger partial charge in [0.15, 0.2) is 11.5 Å². The lowest BCUT2D eigenvalue weighted by atomic mass is 10.1. The summed E-state index contributed by atoms with van der Waals surface area (Å²) in [6.07, 6.45) is -0.859. The van der Waals surface area contributed by atoms with Gasteiger partial charge in [-0.25, -0.2) is 0 Å². The fraction of sp³-hybridized carbons (Fsp3) is 0.259. The van der Waals surface area contributed by atoms with E-state index in [1.807, 2.05) is 52.0 Å². The Morgan fingerprint density at radius 3 is 1.76 bits per heavy atom. The van der Waals surface area contributed by atoms with Gasteiger partial charge in [0.05, 0.1) is 13.2 Å². The van der Waals surface area contributed by atoms with Crippen molar-refractivity contribution < 1.29 is 19.1 Å². The van der Waals surface area contributed by atoms with Crippen LogP contribution in [0.4, 0.5) is 0 Å². The lowest BCUT2D eigenvalue weighted by molar-refractivity contribution is 0.0883. The predicted molar refractivity (Wildman–Crippen MR) is 129 cm³/mol. The van der Waals surface area contributed by atoms with Gasteiger partial charge in [0.25, 0.3) is 11.8 Å². The Kier molecular flexibility index (Phi) is 7.72. The molecule has 3 aromatic carbocycles. The number of carbonyl (C=O) groups is 2. The molecule has 0 aliphatic heterocycles. The maximum Gasteiger partial charge on any atom is 0.253 e. The van der Waals surface area contributed by atoms with Crippen molar-refractivity contribution in [1.29, 1.82) is 0 Å². The second kappa shape index (κ2) is 10.7. The SMILES string of the molecule is COc1ccc(C(NC(=O)c2cccc(C)c2)NC(=O)c2cccc(C)c2)cc1OC(C)C. The minimum atomic E-state index is -0.786. The zero-order valence-electron chi connectivity index (χ0n) is 19.6. The number of aryl methyl sites for hydroxylation is 2. The number of carbonyl (C=O) groups excluding carboxylic acids is 2. The van der Waals surface area contributed by atoms with Crippen molar-refractivity contribution in [3.05, 3.63) is 94.5 Å². The van der Waals surface area contributed by atoms with Gasteiger partial charge < -0.3 is 20.1 Å². The van der Waals surface area contributed by atoms with Gasteiger partial charge in [-0.2, -0.15) is 0 Å². The molecule has 0 atom stereocenters. The third-order valence-corrected chi connectivity index (χ3v) is 5.00. The minimum Gasteiger partial charge on any atom is -0.493 e. The molecule has 33 heavy (non-hydrogen) atoms. The van der Waals surface area contributed by atoms with E-state index in [1.54, 1.807) is 49.6 Å². The van der Waals surface area contributed by atoms with Crippen molar-refractivity contribution in [3.8, 4) is 11.5 Å². The molecule has 0 aromatic heterocycles. The van der Waals surface area contributed by atoms with Gasteiger partial charge in [0, 0.05) is 11.1 Å². The van der Waals surface area contributed by atoms with Crippen molar-refractivity contribution >= 4 is 11.8 Å². The van der Waals surface area contributed by atoms with Crippen LogP contribution in [0.5, 0.6) is 11.5 Å². The van der Waals surface area contributed by atoms with Crippen molar-refractivity contribution in [2.45, 2.75) is 40.0 Å². The molecule has 2 N–H and O–H groups in total. The van der Waals surface area contributed by atoms with E-state index in [0.29, 0.717) is 28.2 Å². The largest absolute Gasteiger partial charge is 0.493 e. The van der Waals surface area contributed by atoms with Crippen LogP contribution < -0.4 is 20.1 Å². The molecule has 6 nitrogen and oxygen atoms in total. The first kappa shape index (κ1) is 23.9. The molecule has 0 saturated carbocycles. The maximum absolute atomic E-state index is 13.0. The molecule has 3 rings (SSSR count). The third-order valence-electron chi connectivity index (χ3n) is 5.00. The van der Waals surface area contributed by atoms with Crippen molar-refractivity contribution in [1.82, 2.24) is 10.6 Å². The maximum atomic E-state index is 13.0. The van der Waals surface area contributed by atoms with Gasteiger partial charge in [0.2, 0.25) is 0 Å². The second-order valence-electron chi connectivity index (χ2n) is 8.20. The van der Waals surface area contributed by atoms with Crippen LogP contribution in [0.15, 0.2) is 66.7 Å². The van der Waals surface area contributed by atoms with Crippen LogP contribution in [-0.4, -0.2) is 25.0 Å². The standard InChI is InChI=1S/C27H30N2O4/c1-17(2)33-24-16-20(12-13-23(24)32-5)25(28-26(30)21-10-6-8-18(3)14-21)29-27(31)22-11-7-9-19(4)15-22/h6-17,25H,1-5H3,(H,28,30)(H,29,31). The Labute approximate surface area is 194 Å². The van der Waals surface area contributed by atoms with Gasteiger partial charge in [0.1, 0.15) is 6.17 Å². The Balaban J connectivity index is 1.95. The van der Waals surface area contributed by atoms with E-state index in [1.165, 1.54) is 0 Å². The quantitative estimate of drug-likeness (QED) is 0.480. The molecule has 0 fully saturated rings. The summed E-state index contributed by atoms with van der Waals surface area (Å²) in [7, 11) is 1.57. The highest BCUT2D eigenvalue weighted by molar-refractivity contribution is 5.97. The summed E-state index contributed by atoms with van der Waals surface area (Å²) >= 11 is 0. The molecule has 0 heterocycles. The molecule has 3 aromatic rings. The lowest BCUT2D eigenvalue weighted by Crippen LogP contribution is -2.41. The third kappa shape index (κ3) is 6.35. The lowest BCUT2D eigenvalue weighted by Gasteiger charge is -2.23. The first-order chi connectivity index (χ1) is 15.8. The molecule has 6 heteroatoms. The summed E-state index contributed by atoms with van der Waals surface area (Å²) in [5.74, 6) is 0.511. The van der Waals surface area contributed by atoms with Crippen LogP contribution in [-0.2, 0) is 0 Å². The van der Waals surface area contributed by atoms with Gasteiger partial charge in [-0.05, 0) is 69.7 Å². The fourth-order valence-corrected chi connectivity index (χ4v) is 3.42. The zero-order valence-corrected chi connectivity index (χ0v) is 19.6. The molecule has 172 valence electrons. The van der Waals surface area contributed by atoms with Gasteiger partial charge >= 0.3 is 0 Å². The number of amides is 2. The van der Waals surface area contributed by atoms with E-state index in [-0.39, 0.29) is 17.9 Å². The molecule has 0 bridgehead atoms. The molecule has 0 saturated heterocycles. The Morgan fingerprint density at radius 2 is 1.30 bits per heavy atom. The highest BCUT2D eigenvalue weighted by Crippen LogP contribution is 2.31. The summed E-state index contributed by atoms with van der Waals surface area (Å²) in [6.45, 7) is 7.69. The van der Waals surface area contributed by atoms with Gasteiger partial charge in [-0.15, -0.1) is 0 Å². The molecule has 0 radical (unpaired) electrons. The number of nitrogens with one attached hydrogen (secondary N) is 2. The minimum absolute atomic E-state index is 0.0728. The predicted octanol–water partition coefficient (Wildman–Crippen LogP) is 4.96. The van der Waals surface area contributed by atoms with Crippen LogP contribution >= 0.6 is 0 Å². The fourth-order valence-electron chi connectivity index (χ4n) is 3.42. The number of hydrogen-bond acceptors (Lipinski definition) is 4. The normalized spacial score (nSPS) is 10.8.